The molecule has 1 saturated heterocycles. The molecule has 0 aliphatic carbocycles. The molecule has 2 unspecified atom stereocenters. The molecule has 1 aliphatic rings. The van der Waals surface area contributed by atoms with E-state index >= 15 is 0 Å². The number of likely N-dealkylation sites (tertiary alicyclic amines) is 1. The highest BCUT2D eigenvalue weighted by Gasteiger charge is 2.41. The van der Waals surface area contributed by atoms with Crippen LogP contribution < -0.4 is 5.32 Å². The topological polar surface area (TPSA) is 89.3 Å². The Morgan fingerprint density at radius 1 is 0.754 bits per heavy atom. The van der Waals surface area contributed by atoms with Gasteiger partial charge in [-0.1, -0.05) is 103 Å². The molecule has 286 valence electrons. The number of nitrogens with one attached hydrogen (secondary N) is 1. The summed E-state index contributed by atoms with van der Waals surface area (Å²) in [6.45, 7) is 6.09. The maximum absolute atomic E-state index is 14.5. The first kappa shape index (κ1) is 37.3. The summed E-state index contributed by atoms with van der Waals surface area (Å²) in [7, 11) is 0. The molecule has 2 aromatic heterocycles. The van der Waals surface area contributed by atoms with Crippen molar-refractivity contribution in [2.75, 3.05) is 13.1 Å². The molecular formula is C48H44FN5O3. The Morgan fingerprint density at radius 3 is 1.95 bits per heavy atom. The van der Waals surface area contributed by atoms with Crippen LogP contribution in [-0.2, 0) is 10.3 Å². The average Bonchev–Trinajstić information content (AvgIpc) is 3.61. The maximum Gasteiger partial charge on any atom is 0.410 e. The van der Waals surface area contributed by atoms with E-state index in [1.54, 1.807) is 23.4 Å². The number of carbonyl (C=O) groups is 2. The Labute approximate surface area is 332 Å². The number of halogens is 1. The van der Waals surface area contributed by atoms with E-state index in [4.69, 9.17) is 9.84 Å². The Bertz CT molecular complexity index is 2410. The van der Waals surface area contributed by atoms with Gasteiger partial charge in [-0.05, 0) is 91.9 Å². The number of amides is 2. The highest BCUT2D eigenvalue weighted by atomic mass is 19.1. The molecule has 7 aromatic rings. The van der Waals surface area contributed by atoms with Crippen molar-refractivity contribution in [3.8, 4) is 11.3 Å². The van der Waals surface area contributed by atoms with Gasteiger partial charge < -0.3 is 15.0 Å². The number of fused-ring (bicyclic) bond motifs is 1. The lowest BCUT2D eigenvalue weighted by Gasteiger charge is -2.39. The van der Waals surface area contributed by atoms with Crippen molar-refractivity contribution in [2.24, 2.45) is 0 Å². The number of ether oxygens (including phenoxy) is 1. The Balaban J connectivity index is 1.26. The molecule has 8 nitrogen and oxygen atoms in total. The van der Waals surface area contributed by atoms with Crippen molar-refractivity contribution in [1.82, 2.24) is 25.0 Å². The van der Waals surface area contributed by atoms with E-state index in [1.165, 1.54) is 12.1 Å². The lowest BCUT2D eigenvalue weighted by molar-refractivity contribution is 0.0169. The lowest BCUT2D eigenvalue weighted by Crippen LogP contribution is -2.54. The monoisotopic (exact) mass is 757 g/mol. The van der Waals surface area contributed by atoms with E-state index in [0.29, 0.717) is 24.2 Å². The van der Waals surface area contributed by atoms with E-state index < -0.39 is 23.3 Å². The van der Waals surface area contributed by atoms with Crippen LogP contribution in [0.4, 0.5) is 9.18 Å². The minimum absolute atomic E-state index is 0.206. The minimum atomic E-state index is -0.900. The van der Waals surface area contributed by atoms with Crippen LogP contribution in [0.5, 0.6) is 0 Å². The number of hydrogen-bond donors (Lipinski definition) is 1. The van der Waals surface area contributed by atoms with Crippen LogP contribution in [0.25, 0.3) is 22.2 Å². The van der Waals surface area contributed by atoms with Crippen LogP contribution in [0.15, 0.2) is 158 Å². The van der Waals surface area contributed by atoms with Crippen LogP contribution in [0.3, 0.4) is 0 Å². The Kier molecular flexibility index (Phi) is 10.1. The van der Waals surface area contributed by atoms with E-state index in [1.807, 2.05) is 112 Å². The fourth-order valence-corrected chi connectivity index (χ4v) is 8.12. The fourth-order valence-electron chi connectivity index (χ4n) is 8.12. The standard InChI is InChI=1S/C48H44FN5O3/c1-47(2,3)57-46(56)53-29-26-40(34-14-13-21-39(49)30-34)42(32-53)51-45(55)35-22-23-43-41(31-35)44(33-24-27-50-28-25-33)52-54(43)48(36-15-7-4-8-16-36,37-17-9-5-10-18-37)38-19-11-6-12-20-38/h4-25,27-28,30-31,40,42H,26,29,32H2,1-3H3,(H,51,55). The maximum atomic E-state index is 14.5. The van der Waals surface area contributed by atoms with Gasteiger partial charge in [-0.2, -0.15) is 5.10 Å². The Morgan fingerprint density at radius 2 is 1.37 bits per heavy atom. The van der Waals surface area contributed by atoms with Gasteiger partial charge in [0.25, 0.3) is 5.91 Å². The van der Waals surface area contributed by atoms with E-state index in [-0.39, 0.29) is 24.2 Å². The third-order valence-corrected chi connectivity index (χ3v) is 10.6. The van der Waals surface area contributed by atoms with Crippen LogP contribution in [-0.4, -0.2) is 56.4 Å². The van der Waals surface area contributed by atoms with Gasteiger partial charge in [-0.3, -0.25) is 9.78 Å². The van der Waals surface area contributed by atoms with Gasteiger partial charge in [0, 0.05) is 47.9 Å². The molecule has 0 saturated carbocycles. The Hall–Kier alpha value is -6.61. The zero-order valence-corrected chi connectivity index (χ0v) is 32.2. The molecule has 8 rings (SSSR count). The van der Waals surface area contributed by atoms with E-state index in [2.05, 4.69) is 51.4 Å². The van der Waals surface area contributed by atoms with Crippen LogP contribution >= 0.6 is 0 Å². The van der Waals surface area contributed by atoms with Crippen molar-refractivity contribution < 1.29 is 18.7 Å². The molecule has 1 N–H and O–H groups in total. The number of rotatable bonds is 8. The summed E-state index contributed by atoms with van der Waals surface area (Å²) in [6.07, 6.45) is 3.55. The van der Waals surface area contributed by atoms with Crippen LogP contribution in [0.2, 0.25) is 0 Å². The zero-order chi connectivity index (χ0) is 39.6. The molecule has 2 atom stereocenters. The fraction of sp³-hybridized carbons (Fsp3) is 0.208. The first-order chi connectivity index (χ1) is 27.6. The second kappa shape index (κ2) is 15.5. The number of aromatic nitrogens is 3. The van der Waals surface area contributed by atoms with Crippen LogP contribution in [0, 0.1) is 5.82 Å². The van der Waals surface area contributed by atoms with E-state index in [9.17, 15) is 14.0 Å². The van der Waals surface area contributed by atoms with Crippen molar-refractivity contribution in [1.29, 1.82) is 0 Å². The molecule has 5 aromatic carbocycles. The van der Waals surface area contributed by atoms with Crippen molar-refractivity contribution in [3.63, 3.8) is 0 Å². The van der Waals surface area contributed by atoms with Gasteiger partial charge >= 0.3 is 6.09 Å². The number of piperidine rings is 1. The summed E-state index contributed by atoms with van der Waals surface area (Å²) in [5.74, 6) is -0.899. The van der Waals surface area contributed by atoms with Gasteiger partial charge in [0.2, 0.25) is 0 Å². The highest BCUT2D eigenvalue weighted by Crippen LogP contribution is 2.44. The third-order valence-electron chi connectivity index (χ3n) is 10.6. The van der Waals surface area contributed by atoms with Gasteiger partial charge in [0.1, 0.15) is 22.7 Å². The number of hydrogen-bond acceptors (Lipinski definition) is 5. The van der Waals surface area contributed by atoms with Crippen molar-refractivity contribution in [2.45, 2.75) is 50.3 Å². The molecule has 3 heterocycles. The number of nitrogens with zero attached hydrogens (tertiary/aromatic N) is 4. The normalized spacial score (nSPS) is 16.0. The minimum Gasteiger partial charge on any atom is -0.444 e. The smallest absolute Gasteiger partial charge is 0.410 e. The molecule has 0 spiro atoms. The summed E-state index contributed by atoms with van der Waals surface area (Å²) in [4.78, 5) is 33.6. The molecule has 1 aliphatic heterocycles. The largest absolute Gasteiger partial charge is 0.444 e. The van der Waals surface area contributed by atoms with Gasteiger partial charge in [0.05, 0.1) is 11.6 Å². The first-order valence-electron chi connectivity index (χ1n) is 19.3. The van der Waals surface area contributed by atoms with Gasteiger partial charge in [-0.25, -0.2) is 13.9 Å². The second-order valence-electron chi connectivity index (χ2n) is 15.5. The second-order valence-corrected chi connectivity index (χ2v) is 15.5. The predicted molar refractivity (Wildman–Crippen MR) is 220 cm³/mol. The summed E-state index contributed by atoms with van der Waals surface area (Å²) in [6, 6.07) is 46.5. The van der Waals surface area contributed by atoms with Gasteiger partial charge in [0.15, 0.2) is 0 Å². The molecule has 2 amide bonds. The summed E-state index contributed by atoms with van der Waals surface area (Å²) in [5.41, 5.74) is 5.03. The van der Waals surface area contributed by atoms with Crippen molar-refractivity contribution in [3.05, 3.63) is 192 Å². The summed E-state index contributed by atoms with van der Waals surface area (Å²) < 4.78 is 22.3. The average molecular weight is 758 g/mol. The molecule has 0 radical (unpaired) electrons. The zero-order valence-electron chi connectivity index (χ0n) is 32.2. The molecule has 57 heavy (non-hydrogen) atoms. The summed E-state index contributed by atoms with van der Waals surface area (Å²) in [5, 5.41) is 9.48. The van der Waals surface area contributed by atoms with E-state index in [0.717, 1.165) is 38.7 Å². The molecule has 1 fully saturated rings. The molecule has 9 heteroatoms. The number of benzene rings is 5. The molecular weight excluding hydrogens is 714 g/mol. The first-order valence-corrected chi connectivity index (χ1v) is 19.3. The predicted octanol–water partition coefficient (Wildman–Crippen LogP) is 9.60. The van der Waals surface area contributed by atoms with Crippen molar-refractivity contribution >= 4 is 22.9 Å². The van der Waals surface area contributed by atoms with Crippen LogP contribution in [0.1, 0.15) is 65.7 Å². The lowest BCUT2D eigenvalue weighted by atomic mass is 9.77. The highest BCUT2D eigenvalue weighted by molar-refractivity contribution is 6.02. The SMILES string of the molecule is CC(C)(C)OC(=O)N1CCC(c2cccc(F)c2)C(NC(=O)c2ccc3c(c2)c(-c2ccncc2)nn3C(c2ccccc2)(c2ccccc2)c2ccccc2)C1. The quantitative estimate of drug-likeness (QED) is 0.156. The third kappa shape index (κ3) is 7.40. The summed E-state index contributed by atoms with van der Waals surface area (Å²) >= 11 is 0. The number of pyridine rings is 1. The number of carbonyl (C=O) groups excluding carboxylic acids is 2. The molecule has 0 bridgehead atoms. The van der Waals surface area contributed by atoms with Gasteiger partial charge in [-0.15, -0.1) is 0 Å².